The Bertz CT molecular complexity index is 682. The third kappa shape index (κ3) is 6.30. The van der Waals surface area contributed by atoms with Crippen molar-refractivity contribution in [1.29, 1.82) is 0 Å². The minimum Gasteiger partial charge on any atom is -0.494 e. The SMILES string of the molecule is CCNC(=NCc1ccc(OC)c(F)c1)NC1CN(C(=O)OC(C)(C)C)C1. The van der Waals surface area contributed by atoms with E-state index in [9.17, 15) is 9.18 Å². The average Bonchev–Trinajstić information content (AvgIpc) is 2.53. The van der Waals surface area contributed by atoms with Gasteiger partial charge in [-0.05, 0) is 45.4 Å². The van der Waals surface area contributed by atoms with E-state index in [1.165, 1.54) is 13.2 Å². The number of amides is 1. The summed E-state index contributed by atoms with van der Waals surface area (Å²) in [5.74, 6) is 0.433. The van der Waals surface area contributed by atoms with Gasteiger partial charge in [0, 0.05) is 19.6 Å². The van der Waals surface area contributed by atoms with Gasteiger partial charge in [0.15, 0.2) is 17.5 Å². The molecule has 0 unspecified atom stereocenters. The van der Waals surface area contributed by atoms with Crippen molar-refractivity contribution in [2.45, 2.75) is 45.9 Å². The first kappa shape index (κ1) is 20.8. The van der Waals surface area contributed by atoms with Crippen LogP contribution in [0.4, 0.5) is 9.18 Å². The van der Waals surface area contributed by atoms with Gasteiger partial charge in [0.1, 0.15) is 5.60 Å². The Morgan fingerprint density at radius 3 is 2.63 bits per heavy atom. The summed E-state index contributed by atoms with van der Waals surface area (Å²) >= 11 is 0. The highest BCUT2D eigenvalue weighted by atomic mass is 19.1. The third-order valence-electron chi connectivity index (χ3n) is 3.85. The monoisotopic (exact) mass is 380 g/mol. The van der Waals surface area contributed by atoms with Gasteiger partial charge in [0.25, 0.3) is 0 Å². The molecule has 27 heavy (non-hydrogen) atoms. The fourth-order valence-corrected chi connectivity index (χ4v) is 2.54. The number of rotatable bonds is 5. The fourth-order valence-electron chi connectivity index (χ4n) is 2.54. The first-order chi connectivity index (χ1) is 12.7. The zero-order valence-electron chi connectivity index (χ0n) is 16.6. The van der Waals surface area contributed by atoms with Crippen LogP contribution >= 0.6 is 0 Å². The summed E-state index contributed by atoms with van der Waals surface area (Å²) in [6.45, 7) is 9.64. The topological polar surface area (TPSA) is 75.2 Å². The van der Waals surface area contributed by atoms with Crippen molar-refractivity contribution >= 4 is 12.1 Å². The number of carbonyl (C=O) groups is 1. The van der Waals surface area contributed by atoms with Crippen LogP contribution in [-0.4, -0.2) is 55.3 Å². The highest BCUT2D eigenvalue weighted by molar-refractivity contribution is 5.80. The maximum Gasteiger partial charge on any atom is 0.410 e. The summed E-state index contributed by atoms with van der Waals surface area (Å²) in [4.78, 5) is 18.1. The lowest BCUT2D eigenvalue weighted by Crippen LogP contribution is -2.63. The molecule has 0 bridgehead atoms. The van der Waals surface area contributed by atoms with Crippen LogP contribution in [0.15, 0.2) is 23.2 Å². The molecule has 1 aromatic carbocycles. The molecule has 0 saturated carbocycles. The number of guanidine groups is 1. The van der Waals surface area contributed by atoms with Crippen LogP contribution in [0.5, 0.6) is 5.75 Å². The first-order valence-electron chi connectivity index (χ1n) is 9.07. The Morgan fingerprint density at radius 1 is 1.37 bits per heavy atom. The van der Waals surface area contributed by atoms with Gasteiger partial charge in [-0.15, -0.1) is 0 Å². The molecule has 0 radical (unpaired) electrons. The maximum atomic E-state index is 13.8. The van der Waals surface area contributed by atoms with Crippen molar-refractivity contribution in [2.24, 2.45) is 4.99 Å². The van der Waals surface area contributed by atoms with Gasteiger partial charge in [-0.25, -0.2) is 14.2 Å². The number of nitrogens with zero attached hydrogens (tertiary/aromatic N) is 2. The van der Waals surface area contributed by atoms with Crippen molar-refractivity contribution in [3.8, 4) is 5.75 Å². The summed E-state index contributed by atoms with van der Waals surface area (Å²) < 4.78 is 24.0. The van der Waals surface area contributed by atoms with Gasteiger partial charge >= 0.3 is 6.09 Å². The molecule has 0 spiro atoms. The molecular formula is C19H29FN4O3. The molecule has 7 nitrogen and oxygen atoms in total. The number of ether oxygens (including phenoxy) is 2. The van der Waals surface area contributed by atoms with Crippen molar-refractivity contribution < 1.29 is 18.7 Å². The van der Waals surface area contributed by atoms with Gasteiger partial charge in [0.2, 0.25) is 0 Å². The van der Waals surface area contributed by atoms with E-state index in [1.54, 1.807) is 17.0 Å². The number of methoxy groups -OCH3 is 1. The number of hydrogen-bond donors (Lipinski definition) is 2. The maximum absolute atomic E-state index is 13.8. The standard InChI is InChI=1S/C19H29FN4O3/c1-6-21-17(22-10-13-7-8-16(26-5)15(20)9-13)23-14-11-24(12-14)18(25)27-19(2,3)4/h7-9,14H,6,10-12H2,1-5H3,(H2,21,22,23). The van der Waals surface area contributed by atoms with Crippen molar-refractivity contribution in [1.82, 2.24) is 15.5 Å². The number of hydrogen-bond acceptors (Lipinski definition) is 4. The predicted molar refractivity (Wildman–Crippen MR) is 102 cm³/mol. The smallest absolute Gasteiger partial charge is 0.410 e. The Kier molecular flexibility index (Phi) is 6.87. The van der Waals surface area contributed by atoms with Crippen molar-refractivity contribution in [2.75, 3.05) is 26.7 Å². The van der Waals surface area contributed by atoms with Gasteiger partial charge in [0.05, 0.1) is 19.7 Å². The van der Waals surface area contributed by atoms with E-state index in [-0.39, 0.29) is 17.9 Å². The summed E-state index contributed by atoms with van der Waals surface area (Å²) in [6.07, 6.45) is -0.309. The molecule has 1 saturated heterocycles. The normalized spacial score (nSPS) is 15.2. The molecule has 1 aliphatic rings. The number of nitrogens with one attached hydrogen (secondary N) is 2. The van der Waals surface area contributed by atoms with Crippen LogP contribution in [0.1, 0.15) is 33.3 Å². The summed E-state index contributed by atoms with van der Waals surface area (Å²) in [5.41, 5.74) is 0.245. The molecule has 8 heteroatoms. The molecule has 0 atom stereocenters. The summed E-state index contributed by atoms with van der Waals surface area (Å²) in [7, 11) is 1.43. The summed E-state index contributed by atoms with van der Waals surface area (Å²) in [6, 6.07) is 4.88. The van der Waals surface area contributed by atoms with E-state index in [4.69, 9.17) is 9.47 Å². The molecule has 1 amide bonds. The van der Waals surface area contributed by atoms with Crippen LogP contribution < -0.4 is 15.4 Å². The first-order valence-corrected chi connectivity index (χ1v) is 9.07. The molecule has 1 aromatic rings. The van der Waals surface area contributed by atoms with Crippen molar-refractivity contribution in [3.05, 3.63) is 29.6 Å². The Labute approximate surface area is 159 Å². The Balaban J connectivity index is 1.88. The van der Waals surface area contributed by atoms with Gasteiger partial charge < -0.3 is 25.0 Å². The lowest BCUT2D eigenvalue weighted by molar-refractivity contribution is 0.00701. The van der Waals surface area contributed by atoms with Crippen LogP contribution in [0.25, 0.3) is 0 Å². The average molecular weight is 380 g/mol. The number of carbonyl (C=O) groups excluding carboxylic acids is 1. The quantitative estimate of drug-likeness (QED) is 0.606. The number of aliphatic imine (C=N–C) groups is 1. The number of benzene rings is 1. The van der Waals surface area contributed by atoms with E-state index in [1.807, 2.05) is 27.7 Å². The zero-order chi connectivity index (χ0) is 20.0. The second kappa shape index (κ2) is 8.92. The van der Waals surface area contributed by atoms with Gasteiger partial charge in [-0.1, -0.05) is 6.07 Å². The predicted octanol–water partition coefficient (Wildman–Crippen LogP) is 2.51. The lowest BCUT2D eigenvalue weighted by atomic mass is 10.1. The molecule has 2 N–H and O–H groups in total. The van der Waals surface area contributed by atoms with Crippen LogP contribution in [-0.2, 0) is 11.3 Å². The second-order valence-corrected chi connectivity index (χ2v) is 7.39. The minimum absolute atomic E-state index is 0.0999. The van der Waals surface area contributed by atoms with Crippen molar-refractivity contribution in [3.63, 3.8) is 0 Å². The summed E-state index contributed by atoms with van der Waals surface area (Å²) in [5, 5.41) is 6.44. The van der Waals surface area contributed by atoms with Crippen LogP contribution in [0.3, 0.4) is 0 Å². The highest BCUT2D eigenvalue weighted by Crippen LogP contribution is 2.18. The van der Waals surface area contributed by atoms with E-state index in [2.05, 4.69) is 15.6 Å². The Morgan fingerprint density at radius 2 is 2.07 bits per heavy atom. The van der Waals surface area contributed by atoms with Crippen LogP contribution in [0, 0.1) is 5.82 Å². The van der Waals surface area contributed by atoms with Gasteiger partial charge in [-0.3, -0.25) is 0 Å². The van der Waals surface area contributed by atoms with E-state index in [0.29, 0.717) is 32.1 Å². The molecule has 1 fully saturated rings. The Hall–Kier alpha value is -2.51. The molecule has 1 heterocycles. The molecule has 1 aliphatic heterocycles. The van der Waals surface area contributed by atoms with Gasteiger partial charge in [-0.2, -0.15) is 0 Å². The van der Waals surface area contributed by atoms with Crippen LogP contribution in [0.2, 0.25) is 0 Å². The largest absolute Gasteiger partial charge is 0.494 e. The fraction of sp³-hybridized carbons (Fsp3) is 0.579. The third-order valence-corrected chi connectivity index (χ3v) is 3.85. The van der Waals surface area contributed by atoms with E-state index < -0.39 is 11.4 Å². The second-order valence-electron chi connectivity index (χ2n) is 7.39. The molecular weight excluding hydrogens is 351 g/mol. The molecule has 0 aliphatic carbocycles. The molecule has 0 aromatic heterocycles. The van der Waals surface area contributed by atoms with E-state index in [0.717, 1.165) is 5.56 Å². The zero-order valence-corrected chi connectivity index (χ0v) is 16.6. The number of halogens is 1. The minimum atomic E-state index is -0.500. The molecule has 2 rings (SSSR count). The van der Waals surface area contributed by atoms with E-state index >= 15 is 0 Å². The molecule has 150 valence electrons. The lowest BCUT2D eigenvalue weighted by Gasteiger charge is -2.40. The highest BCUT2D eigenvalue weighted by Gasteiger charge is 2.34. The number of likely N-dealkylation sites (tertiary alicyclic amines) is 1.